The van der Waals surface area contributed by atoms with Crippen molar-refractivity contribution in [2.45, 2.75) is 51.3 Å². The number of piperidine rings is 1. The summed E-state index contributed by atoms with van der Waals surface area (Å²) in [6.45, 7) is 7.75. The van der Waals surface area contributed by atoms with Crippen molar-refractivity contribution < 1.29 is 9.53 Å². The fraction of sp³-hybridized carbons (Fsp3) is 0.500. The average molecular weight is 465 g/mol. The predicted molar refractivity (Wildman–Crippen MR) is 132 cm³/mol. The van der Waals surface area contributed by atoms with Gasteiger partial charge in [0.1, 0.15) is 23.1 Å². The van der Waals surface area contributed by atoms with Gasteiger partial charge in [0.25, 0.3) is 0 Å². The smallest absolute Gasteiger partial charge is 0.410 e. The number of carbonyl (C=O) groups excluding carboxylic acids is 1. The third-order valence-corrected chi connectivity index (χ3v) is 6.52. The molecule has 10 heteroatoms. The Bertz CT molecular complexity index is 1140. The SMILES string of the molecule is CC(C)(C)OC(=O)N1CCC(C2(CCNc3ncnc4nc[nH]c34)Nc3ccccc3N2)CC1. The molecule has 0 unspecified atom stereocenters. The second-order valence-electron chi connectivity index (χ2n) is 10.0. The highest BCUT2D eigenvalue weighted by atomic mass is 16.6. The number of amides is 1. The number of aromatic nitrogens is 4. The first-order valence-corrected chi connectivity index (χ1v) is 11.8. The number of aromatic amines is 1. The molecule has 0 saturated carbocycles. The molecule has 2 aromatic heterocycles. The second-order valence-corrected chi connectivity index (χ2v) is 10.0. The van der Waals surface area contributed by atoms with E-state index in [2.05, 4.69) is 48.0 Å². The Morgan fingerprint density at radius 3 is 2.53 bits per heavy atom. The van der Waals surface area contributed by atoms with Gasteiger partial charge in [-0.1, -0.05) is 12.1 Å². The minimum absolute atomic E-state index is 0.232. The van der Waals surface area contributed by atoms with Crippen LogP contribution in [0.1, 0.15) is 40.0 Å². The van der Waals surface area contributed by atoms with E-state index < -0.39 is 5.60 Å². The molecule has 0 aliphatic carbocycles. The minimum Gasteiger partial charge on any atom is -0.444 e. The Morgan fingerprint density at radius 2 is 1.85 bits per heavy atom. The molecule has 4 heterocycles. The molecule has 34 heavy (non-hydrogen) atoms. The Morgan fingerprint density at radius 1 is 1.15 bits per heavy atom. The van der Waals surface area contributed by atoms with E-state index in [4.69, 9.17) is 4.74 Å². The van der Waals surface area contributed by atoms with Gasteiger partial charge in [0.05, 0.1) is 17.7 Å². The molecule has 1 saturated heterocycles. The Labute approximate surface area is 198 Å². The summed E-state index contributed by atoms with van der Waals surface area (Å²) in [4.78, 5) is 30.3. The van der Waals surface area contributed by atoms with Gasteiger partial charge in [-0.3, -0.25) is 0 Å². The topological polar surface area (TPSA) is 120 Å². The van der Waals surface area contributed by atoms with E-state index >= 15 is 0 Å². The molecule has 2 aliphatic rings. The van der Waals surface area contributed by atoms with Crippen molar-refractivity contribution >= 4 is 34.4 Å². The molecular formula is C24H32N8O2. The molecule has 0 radical (unpaired) electrons. The Kier molecular flexibility index (Phi) is 5.66. The number of H-pyrrole nitrogens is 1. The summed E-state index contributed by atoms with van der Waals surface area (Å²) in [5.41, 5.74) is 2.85. The van der Waals surface area contributed by atoms with Gasteiger partial charge in [0, 0.05) is 32.0 Å². The number of benzene rings is 1. The second kappa shape index (κ2) is 8.66. The molecule has 0 bridgehead atoms. The van der Waals surface area contributed by atoms with E-state index in [1.165, 1.54) is 6.33 Å². The van der Waals surface area contributed by atoms with Crippen LogP contribution in [0.2, 0.25) is 0 Å². The fourth-order valence-corrected chi connectivity index (χ4v) is 4.90. The van der Waals surface area contributed by atoms with E-state index in [1.54, 1.807) is 6.33 Å². The quantitative estimate of drug-likeness (QED) is 0.447. The molecule has 3 aromatic rings. The lowest BCUT2D eigenvalue weighted by molar-refractivity contribution is 0.0160. The van der Waals surface area contributed by atoms with Crippen LogP contribution in [0.3, 0.4) is 0 Å². The fourth-order valence-electron chi connectivity index (χ4n) is 4.90. The number of anilines is 3. The lowest BCUT2D eigenvalue weighted by atomic mass is 9.82. The van der Waals surface area contributed by atoms with Gasteiger partial charge in [-0.15, -0.1) is 0 Å². The van der Waals surface area contributed by atoms with Crippen LogP contribution in [0.15, 0.2) is 36.9 Å². The number of likely N-dealkylation sites (tertiary alicyclic amines) is 1. The van der Waals surface area contributed by atoms with E-state index in [9.17, 15) is 4.79 Å². The molecular weight excluding hydrogens is 432 g/mol. The first-order chi connectivity index (χ1) is 16.3. The van der Waals surface area contributed by atoms with E-state index in [0.717, 1.165) is 42.0 Å². The third-order valence-electron chi connectivity index (χ3n) is 6.52. The minimum atomic E-state index is -0.488. The molecule has 1 aromatic carbocycles. The zero-order valence-electron chi connectivity index (χ0n) is 19.9. The van der Waals surface area contributed by atoms with Gasteiger partial charge >= 0.3 is 6.09 Å². The number of hydrogen-bond donors (Lipinski definition) is 4. The summed E-state index contributed by atoms with van der Waals surface area (Å²) in [5.74, 6) is 1.07. The van der Waals surface area contributed by atoms with Crippen LogP contribution in [0.5, 0.6) is 0 Å². The maximum absolute atomic E-state index is 12.6. The molecule has 0 spiro atoms. The zero-order valence-corrected chi connectivity index (χ0v) is 19.9. The number of nitrogens with zero attached hydrogens (tertiary/aromatic N) is 4. The van der Waals surface area contributed by atoms with Crippen LogP contribution in [-0.4, -0.2) is 61.8 Å². The number of nitrogens with one attached hydrogen (secondary N) is 4. The van der Waals surface area contributed by atoms with Gasteiger partial charge < -0.3 is 30.6 Å². The van der Waals surface area contributed by atoms with Crippen LogP contribution in [0.25, 0.3) is 11.2 Å². The lowest BCUT2D eigenvalue weighted by Gasteiger charge is -2.43. The number of hydrogen-bond acceptors (Lipinski definition) is 8. The molecule has 4 N–H and O–H groups in total. The van der Waals surface area contributed by atoms with Gasteiger partial charge in [-0.25, -0.2) is 19.7 Å². The number of fused-ring (bicyclic) bond motifs is 2. The van der Waals surface area contributed by atoms with Gasteiger partial charge in [0.15, 0.2) is 11.5 Å². The van der Waals surface area contributed by atoms with Crippen molar-refractivity contribution in [2.75, 3.05) is 35.6 Å². The summed E-state index contributed by atoms with van der Waals surface area (Å²) in [5, 5.41) is 11.0. The first kappa shape index (κ1) is 22.2. The van der Waals surface area contributed by atoms with Crippen molar-refractivity contribution in [1.82, 2.24) is 24.8 Å². The monoisotopic (exact) mass is 464 g/mol. The highest BCUT2D eigenvalue weighted by Gasteiger charge is 2.44. The van der Waals surface area contributed by atoms with Gasteiger partial charge in [-0.05, 0) is 45.7 Å². The van der Waals surface area contributed by atoms with Crippen LogP contribution in [0, 0.1) is 5.92 Å². The van der Waals surface area contributed by atoms with E-state index in [1.807, 2.05) is 37.8 Å². The molecule has 180 valence electrons. The zero-order chi connectivity index (χ0) is 23.8. The maximum Gasteiger partial charge on any atom is 0.410 e. The Balaban J connectivity index is 1.29. The number of imidazole rings is 1. The van der Waals surface area contributed by atoms with E-state index in [-0.39, 0.29) is 11.8 Å². The van der Waals surface area contributed by atoms with Crippen molar-refractivity contribution in [3.8, 4) is 0 Å². The van der Waals surface area contributed by atoms with Crippen LogP contribution in [-0.2, 0) is 4.74 Å². The largest absolute Gasteiger partial charge is 0.444 e. The van der Waals surface area contributed by atoms with Crippen molar-refractivity contribution in [1.29, 1.82) is 0 Å². The molecule has 10 nitrogen and oxygen atoms in total. The number of rotatable bonds is 5. The summed E-state index contributed by atoms with van der Waals surface area (Å²) in [6.07, 6.45) is 5.50. The highest BCUT2D eigenvalue weighted by Crippen LogP contribution is 2.42. The van der Waals surface area contributed by atoms with Crippen LogP contribution >= 0.6 is 0 Å². The normalized spacial score (nSPS) is 17.7. The highest BCUT2D eigenvalue weighted by molar-refractivity contribution is 5.82. The van der Waals surface area contributed by atoms with Crippen molar-refractivity contribution in [3.05, 3.63) is 36.9 Å². The van der Waals surface area contributed by atoms with Crippen molar-refractivity contribution in [3.63, 3.8) is 0 Å². The molecule has 0 atom stereocenters. The van der Waals surface area contributed by atoms with Crippen LogP contribution in [0.4, 0.5) is 22.0 Å². The Hall–Kier alpha value is -3.56. The van der Waals surface area contributed by atoms with Gasteiger partial charge in [-0.2, -0.15) is 0 Å². The number of ether oxygens (including phenoxy) is 1. The van der Waals surface area contributed by atoms with Gasteiger partial charge in [0.2, 0.25) is 0 Å². The summed E-state index contributed by atoms with van der Waals surface area (Å²) < 4.78 is 5.58. The average Bonchev–Trinajstić information content (AvgIpc) is 3.43. The molecule has 5 rings (SSSR count). The first-order valence-electron chi connectivity index (χ1n) is 11.8. The molecule has 1 fully saturated rings. The summed E-state index contributed by atoms with van der Waals surface area (Å²) in [6, 6.07) is 8.30. The maximum atomic E-state index is 12.6. The molecule has 1 amide bonds. The molecule has 2 aliphatic heterocycles. The number of carbonyl (C=O) groups is 1. The van der Waals surface area contributed by atoms with E-state index in [0.29, 0.717) is 31.2 Å². The lowest BCUT2D eigenvalue weighted by Crippen LogP contribution is -2.54. The third kappa shape index (κ3) is 4.44. The summed E-state index contributed by atoms with van der Waals surface area (Å²) in [7, 11) is 0. The van der Waals surface area contributed by atoms with Crippen LogP contribution < -0.4 is 16.0 Å². The number of para-hydroxylation sites is 2. The standard InChI is InChI=1S/C24H32N8O2/c1-23(2,3)34-22(33)32-12-8-16(9-13-32)24(30-17-6-4-5-7-18(17)31-24)10-11-25-20-19-21(27-14-26-19)29-15-28-20/h4-7,14-16,30-31H,8-13H2,1-3H3,(H2,25,26,27,28,29). The van der Waals surface area contributed by atoms with Crippen molar-refractivity contribution in [2.24, 2.45) is 5.92 Å². The predicted octanol–water partition coefficient (Wildman–Crippen LogP) is 4.04. The summed E-state index contributed by atoms with van der Waals surface area (Å²) >= 11 is 0.